The van der Waals surface area contributed by atoms with Crippen molar-refractivity contribution in [3.05, 3.63) is 42.2 Å². The molecule has 0 radical (unpaired) electrons. The molecule has 1 fully saturated rings. The summed E-state index contributed by atoms with van der Waals surface area (Å²) >= 11 is 0. The number of piperidine rings is 1. The van der Waals surface area contributed by atoms with E-state index in [0.717, 1.165) is 5.69 Å². The number of anilines is 1. The average molecular weight is 370 g/mol. The van der Waals surface area contributed by atoms with Crippen LogP contribution < -0.4 is 10.1 Å². The van der Waals surface area contributed by atoms with Gasteiger partial charge in [-0.15, -0.1) is 0 Å². The molecule has 2 aromatic rings. The van der Waals surface area contributed by atoms with Crippen LogP contribution in [0, 0.1) is 18.8 Å². The summed E-state index contributed by atoms with van der Waals surface area (Å²) < 4.78 is 5.58. The van der Waals surface area contributed by atoms with Crippen molar-refractivity contribution in [1.82, 2.24) is 14.9 Å². The fraction of sp³-hybridized carbons (Fsp3) is 0.368. The summed E-state index contributed by atoms with van der Waals surface area (Å²) in [6.07, 6.45) is 2.21. The zero-order valence-electron chi connectivity index (χ0n) is 15.3. The van der Waals surface area contributed by atoms with Crippen molar-refractivity contribution in [2.75, 3.05) is 18.4 Å². The number of aryl methyl sites for hydroxylation is 1. The average Bonchev–Trinajstić information content (AvgIpc) is 2.63. The van der Waals surface area contributed by atoms with Crippen molar-refractivity contribution >= 4 is 17.7 Å². The van der Waals surface area contributed by atoms with Crippen LogP contribution in [0.15, 0.2) is 36.5 Å². The Morgan fingerprint density at radius 3 is 2.63 bits per heavy atom. The van der Waals surface area contributed by atoms with Gasteiger partial charge in [0.05, 0.1) is 5.92 Å². The Kier molecular flexibility index (Phi) is 5.54. The molecule has 8 heteroatoms. The van der Waals surface area contributed by atoms with Gasteiger partial charge in [-0.05, 0) is 49.6 Å². The molecule has 1 aliphatic heterocycles. The van der Waals surface area contributed by atoms with Gasteiger partial charge in [-0.25, -0.2) is 14.8 Å². The minimum absolute atomic E-state index is 0.149. The summed E-state index contributed by atoms with van der Waals surface area (Å²) in [7, 11) is 0. The molecule has 1 aromatic carbocycles. The van der Waals surface area contributed by atoms with E-state index in [1.165, 1.54) is 0 Å². The molecule has 0 saturated carbocycles. The number of likely N-dealkylation sites (tertiary alicyclic amines) is 1. The number of carboxylic acids is 1. The normalized spacial score (nSPS) is 19.4. The maximum absolute atomic E-state index is 12.5. The van der Waals surface area contributed by atoms with Gasteiger partial charge < -0.3 is 20.1 Å². The molecule has 3 rings (SSSR count). The van der Waals surface area contributed by atoms with E-state index in [0.29, 0.717) is 24.4 Å². The number of nitrogens with one attached hydrogen (secondary N) is 1. The van der Waals surface area contributed by atoms with Crippen LogP contribution in [-0.4, -0.2) is 45.1 Å². The van der Waals surface area contributed by atoms with E-state index in [2.05, 4.69) is 15.3 Å². The van der Waals surface area contributed by atoms with Crippen molar-refractivity contribution in [2.45, 2.75) is 20.3 Å². The number of aromatic nitrogens is 2. The van der Waals surface area contributed by atoms with E-state index in [-0.39, 0.29) is 24.5 Å². The van der Waals surface area contributed by atoms with Gasteiger partial charge in [0.2, 0.25) is 0 Å². The minimum atomic E-state index is -0.862. The first kappa shape index (κ1) is 18.6. The number of hydrogen-bond acceptors (Lipinski definition) is 5. The summed E-state index contributed by atoms with van der Waals surface area (Å²) in [4.78, 5) is 33.5. The van der Waals surface area contributed by atoms with E-state index < -0.39 is 11.9 Å². The van der Waals surface area contributed by atoms with Crippen LogP contribution in [0.4, 0.5) is 10.5 Å². The number of rotatable bonds is 4. The Bertz CT molecular complexity index is 825. The third-order valence-electron chi connectivity index (χ3n) is 4.38. The molecular formula is C19H22N4O4. The molecule has 2 atom stereocenters. The molecule has 0 bridgehead atoms. The highest BCUT2D eigenvalue weighted by Gasteiger charge is 2.31. The van der Waals surface area contributed by atoms with Gasteiger partial charge in [0.15, 0.2) is 0 Å². The number of urea groups is 1. The van der Waals surface area contributed by atoms with Gasteiger partial charge in [-0.1, -0.05) is 6.92 Å². The number of ether oxygens (including phenoxy) is 1. The van der Waals surface area contributed by atoms with Crippen molar-refractivity contribution < 1.29 is 19.4 Å². The van der Waals surface area contributed by atoms with Crippen LogP contribution in [0.3, 0.4) is 0 Å². The van der Waals surface area contributed by atoms with Crippen LogP contribution in [0.1, 0.15) is 19.0 Å². The molecule has 0 aliphatic carbocycles. The molecule has 1 aromatic heterocycles. The molecule has 27 heavy (non-hydrogen) atoms. The van der Waals surface area contributed by atoms with Crippen molar-refractivity contribution in [2.24, 2.45) is 11.8 Å². The highest BCUT2D eigenvalue weighted by atomic mass is 16.5. The lowest BCUT2D eigenvalue weighted by Gasteiger charge is -2.34. The summed E-state index contributed by atoms with van der Waals surface area (Å²) in [5.74, 6) is -0.685. The van der Waals surface area contributed by atoms with Crippen LogP contribution in [0.5, 0.6) is 11.8 Å². The molecule has 0 spiro atoms. The Morgan fingerprint density at radius 1 is 1.22 bits per heavy atom. The molecule has 2 N–H and O–H groups in total. The number of carboxylic acid groups (broad SMARTS) is 1. The van der Waals surface area contributed by atoms with Gasteiger partial charge in [-0.3, -0.25) is 4.79 Å². The summed E-state index contributed by atoms with van der Waals surface area (Å²) in [5, 5.41) is 12.0. The first-order valence-electron chi connectivity index (χ1n) is 8.77. The van der Waals surface area contributed by atoms with Crippen molar-refractivity contribution in [3.8, 4) is 11.8 Å². The van der Waals surface area contributed by atoms with E-state index in [1.54, 1.807) is 41.4 Å². The quantitative estimate of drug-likeness (QED) is 0.857. The summed E-state index contributed by atoms with van der Waals surface area (Å²) in [5.41, 5.74) is 1.40. The van der Waals surface area contributed by atoms with E-state index in [1.807, 2.05) is 13.8 Å². The largest absolute Gasteiger partial charge is 0.481 e. The number of nitrogens with zero attached hydrogens (tertiary/aromatic N) is 3. The van der Waals surface area contributed by atoms with Crippen molar-refractivity contribution in [1.29, 1.82) is 0 Å². The number of benzene rings is 1. The van der Waals surface area contributed by atoms with Gasteiger partial charge in [-0.2, -0.15) is 0 Å². The van der Waals surface area contributed by atoms with Gasteiger partial charge >= 0.3 is 18.0 Å². The van der Waals surface area contributed by atoms with Crippen LogP contribution in [0.25, 0.3) is 0 Å². The SMILES string of the molecule is Cc1ccnc(Oc2ccc(NC(=O)N3CC(C)CC(C(=O)O)C3)cc2)n1. The molecule has 1 aliphatic rings. The fourth-order valence-electron chi connectivity index (χ4n) is 3.09. The topological polar surface area (TPSA) is 105 Å². The smallest absolute Gasteiger partial charge is 0.322 e. The Balaban J connectivity index is 1.60. The highest BCUT2D eigenvalue weighted by Crippen LogP contribution is 2.24. The number of carbonyl (C=O) groups is 2. The molecule has 2 unspecified atom stereocenters. The standard InChI is InChI=1S/C19H22N4O4/c1-12-9-14(17(24)25)11-23(10-12)19(26)22-15-3-5-16(6-4-15)27-18-20-8-7-13(2)21-18/h3-8,12,14H,9-11H2,1-2H3,(H,22,26)(H,24,25). The molecule has 1 saturated heterocycles. The number of amides is 2. The predicted molar refractivity (Wildman–Crippen MR) is 98.8 cm³/mol. The molecular weight excluding hydrogens is 348 g/mol. The summed E-state index contributed by atoms with van der Waals surface area (Å²) in [6.45, 7) is 4.57. The Morgan fingerprint density at radius 2 is 1.96 bits per heavy atom. The molecule has 2 amide bonds. The number of aliphatic carboxylic acids is 1. The van der Waals surface area contributed by atoms with Gasteiger partial charge in [0.1, 0.15) is 5.75 Å². The summed E-state index contributed by atoms with van der Waals surface area (Å²) in [6, 6.07) is 8.58. The fourth-order valence-corrected chi connectivity index (χ4v) is 3.09. The van der Waals surface area contributed by atoms with Gasteiger partial charge in [0.25, 0.3) is 0 Å². The molecule has 2 heterocycles. The predicted octanol–water partition coefficient (Wildman–Crippen LogP) is 3.15. The maximum Gasteiger partial charge on any atom is 0.322 e. The lowest BCUT2D eigenvalue weighted by Crippen LogP contribution is -2.47. The second-order valence-electron chi connectivity index (χ2n) is 6.82. The highest BCUT2D eigenvalue weighted by molar-refractivity contribution is 5.89. The van der Waals surface area contributed by atoms with Crippen LogP contribution >= 0.6 is 0 Å². The maximum atomic E-state index is 12.5. The lowest BCUT2D eigenvalue weighted by molar-refractivity contribution is -0.143. The first-order valence-corrected chi connectivity index (χ1v) is 8.77. The van der Waals surface area contributed by atoms with E-state index >= 15 is 0 Å². The third kappa shape index (κ3) is 4.93. The number of carbonyl (C=O) groups excluding carboxylic acids is 1. The van der Waals surface area contributed by atoms with Gasteiger partial charge in [0, 0.05) is 30.7 Å². The first-order chi connectivity index (χ1) is 12.9. The second-order valence-corrected chi connectivity index (χ2v) is 6.82. The zero-order valence-corrected chi connectivity index (χ0v) is 15.3. The van der Waals surface area contributed by atoms with E-state index in [9.17, 15) is 14.7 Å². The second kappa shape index (κ2) is 8.03. The lowest BCUT2D eigenvalue weighted by atomic mass is 9.91. The van der Waals surface area contributed by atoms with E-state index in [4.69, 9.17) is 4.74 Å². The monoisotopic (exact) mass is 370 g/mol. The number of hydrogen-bond donors (Lipinski definition) is 2. The van der Waals surface area contributed by atoms with Crippen molar-refractivity contribution in [3.63, 3.8) is 0 Å². The molecule has 142 valence electrons. The third-order valence-corrected chi connectivity index (χ3v) is 4.38. The van der Waals surface area contributed by atoms with Crippen LogP contribution in [-0.2, 0) is 4.79 Å². The Hall–Kier alpha value is -3.16. The zero-order chi connectivity index (χ0) is 19.4. The van der Waals surface area contributed by atoms with Crippen LogP contribution in [0.2, 0.25) is 0 Å². The molecule has 8 nitrogen and oxygen atoms in total. The minimum Gasteiger partial charge on any atom is -0.481 e. The Labute approximate surface area is 157 Å².